The first-order valence-corrected chi connectivity index (χ1v) is 5.52. The van der Waals surface area contributed by atoms with Gasteiger partial charge in [0.1, 0.15) is 5.75 Å². The lowest BCUT2D eigenvalue weighted by Gasteiger charge is -2.14. The minimum Gasteiger partial charge on any atom is -0.493 e. The molecule has 1 unspecified atom stereocenters. The lowest BCUT2D eigenvalue weighted by Crippen LogP contribution is -2.04. The van der Waals surface area contributed by atoms with E-state index in [9.17, 15) is 0 Å². The minimum absolute atomic E-state index is 0.366. The number of para-hydroxylation sites is 1. The van der Waals surface area contributed by atoms with E-state index in [1.54, 1.807) is 0 Å². The van der Waals surface area contributed by atoms with E-state index in [1.807, 2.05) is 18.2 Å². The van der Waals surface area contributed by atoms with E-state index >= 15 is 0 Å². The van der Waals surface area contributed by atoms with Crippen LogP contribution in [0.2, 0.25) is 0 Å². The zero-order valence-electron chi connectivity index (χ0n) is 9.76. The molecule has 0 fully saturated rings. The van der Waals surface area contributed by atoms with Crippen molar-refractivity contribution in [2.75, 3.05) is 13.2 Å². The normalized spacial score (nSPS) is 11.6. The summed E-state index contributed by atoms with van der Waals surface area (Å²) in [6.45, 7) is 5.12. The summed E-state index contributed by atoms with van der Waals surface area (Å²) in [7, 11) is 0. The molecule has 0 spiro atoms. The number of azide groups is 1. The lowest BCUT2D eigenvalue weighted by atomic mass is 9.98. The topological polar surface area (TPSA) is 58.0 Å². The molecule has 0 aromatic heterocycles. The maximum atomic E-state index is 8.15. The third-order valence-corrected chi connectivity index (χ3v) is 2.57. The van der Waals surface area contributed by atoms with Crippen LogP contribution in [0.3, 0.4) is 0 Å². The van der Waals surface area contributed by atoms with Crippen LogP contribution in [-0.2, 0) is 0 Å². The van der Waals surface area contributed by atoms with Crippen molar-refractivity contribution in [3.8, 4) is 5.75 Å². The Balaban J connectivity index is 2.67. The Bertz CT molecular complexity index is 372. The second-order valence-electron chi connectivity index (χ2n) is 3.65. The predicted octanol–water partition coefficient (Wildman–Crippen LogP) is 3.89. The van der Waals surface area contributed by atoms with Crippen LogP contribution in [0.5, 0.6) is 5.75 Å². The summed E-state index contributed by atoms with van der Waals surface area (Å²) in [6, 6.07) is 8.01. The maximum Gasteiger partial charge on any atom is 0.122 e. The van der Waals surface area contributed by atoms with Crippen molar-refractivity contribution < 1.29 is 4.74 Å². The van der Waals surface area contributed by atoms with E-state index in [2.05, 4.69) is 29.9 Å². The highest BCUT2D eigenvalue weighted by Crippen LogP contribution is 2.28. The fourth-order valence-corrected chi connectivity index (χ4v) is 1.48. The Morgan fingerprint density at radius 3 is 2.88 bits per heavy atom. The van der Waals surface area contributed by atoms with Crippen LogP contribution in [-0.4, -0.2) is 13.2 Å². The molecule has 1 aromatic rings. The van der Waals surface area contributed by atoms with E-state index in [-0.39, 0.29) is 0 Å². The average Bonchev–Trinajstić information content (AvgIpc) is 2.34. The Morgan fingerprint density at radius 2 is 2.19 bits per heavy atom. The number of ether oxygens (including phenoxy) is 1. The van der Waals surface area contributed by atoms with Gasteiger partial charge in [-0.25, -0.2) is 0 Å². The van der Waals surface area contributed by atoms with Gasteiger partial charge >= 0.3 is 0 Å². The fraction of sp³-hybridized carbons (Fsp3) is 0.500. The number of rotatable bonds is 6. The molecule has 0 heterocycles. The van der Waals surface area contributed by atoms with Gasteiger partial charge in [0.05, 0.1) is 13.2 Å². The molecule has 16 heavy (non-hydrogen) atoms. The number of hydrogen-bond donors (Lipinski definition) is 0. The summed E-state index contributed by atoms with van der Waals surface area (Å²) in [4.78, 5) is 2.69. The predicted molar refractivity (Wildman–Crippen MR) is 64.7 cm³/mol. The van der Waals surface area contributed by atoms with Crippen molar-refractivity contribution in [2.24, 2.45) is 5.11 Å². The molecule has 86 valence electrons. The summed E-state index contributed by atoms with van der Waals surface area (Å²) in [5, 5.41) is 3.44. The molecule has 0 saturated carbocycles. The first kappa shape index (κ1) is 12.4. The van der Waals surface area contributed by atoms with Crippen molar-refractivity contribution in [1.29, 1.82) is 0 Å². The van der Waals surface area contributed by atoms with Crippen LogP contribution in [0.1, 0.15) is 31.7 Å². The van der Waals surface area contributed by atoms with Crippen LogP contribution in [0, 0.1) is 0 Å². The number of benzene rings is 1. The Labute approximate surface area is 95.9 Å². The molecular weight excluding hydrogens is 202 g/mol. The van der Waals surface area contributed by atoms with E-state index < -0.39 is 0 Å². The van der Waals surface area contributed by atoms with Crippen molar-refractivity contribution in [1.82, 2.24) is 0 Å². The van der Waals surface area contributed by atoms with Crippen molar-refractivity contribution in [3.05, 3.63) is 40.3 Å². The van der Waals surface area contributed by atoms with Crippen LogP contribution in [0.4, 0.5) is 0 Å². The molecule has 0 amide bonds. The van der Waals surface area contributed by atoms with Crippen LogP contribution in [0.25, 0.3) is 10.4 Å². The molecule has 0 N–H and O–H groups in total. The van der Waals surface area contributed by atoms with E-state index in [1.165, 1.54) is 5.56 Å². The van der Waals surface area contributed by atoms with E-state index in [0.717, 1.165) is 12.2 Å². The maximum absolute atomic E-state index is 8.15. The zero-order valence-corrected chi connectivity index (χ0v) is 9.76. The third kappa shape index (κ3) is 3.48. The molecule has 0 radical (unpaired) electrons. The van der Waals surface area contributed by atoms with E-state index in [0.29, 0.717) is 19.1 Å². The monoisotopic (exact) mass is 219 g/mol. The summed E-state index contributed by atoms with van der Waals surface area (Å²) in [5.74, 6) is 1.38. The molecule has 0 aliphatic carbocycles. The van der Waals surface area contributed by atoms with Gasteiger partial charge in [-0.15, -0.1) is 0 Å². The second-order valence-corrected chi connectivity index (χ2v) is 3.65. The average molecular weight is 219 g/mol. The molecular formula is C12H17N3O. The Morgan fingerprint density at radius 1 is 1.44 bits per heavy atom. The largest absolute Gasteiger partial charge is 0.493 e. The summed E-state index contributed by atoms with van der Waals surface area (Å²) >= 11 is 0. The molecule has 0 aliphatic rings. The smallest absolute Gasteiger partial charge is 0.122 e. The molecule has 0 aliphatic heterocycles. The quantitative estimate of drug-likeness (QED) is 0.310. The summed E-state index contributed by atoms with van der Waals surface area (Å²) < 4.78 is 5.60. The van der Waals surface area contributed by atoms with Crippen LogP contribution < -0.4 is 4.74 Å². The standard InChI is InChI=1S/C12H17N3O/c1-3-10(2)11-6-4-5-7-12(11)16-9-8-14-15-13/h4-7,10H,3,8-9H2,1-2H3. The summed E-state index contributed by atoms with van der Waals surface area (Å²) in [6.07, 6.45) is 1.08. The number of hydrogen-bond acceptors (Lipinski definition) is 2. The molecule has 0 bridgehead atoms. The first-order chi connectivity index (χ1) is 7.79. The van der Waals surface area contributed by atoms with Gasteiger partial charge in [-0.05, 0) is 29.5 Å². The van der Waals surface area contributed by atoms with E-state index in [4.69, 9.17) is 10.3 Å². The Kier molecular flexibility index (Phi) is 5.23. The highest BCUT2D eigenvalue weighted by Gasteiger charge is 2.08. The fourth-order valence-electron chi connectivity index (χ4n) is 1.48. The van der Waals surface area contributed by atoms with Crippen molar-refractivity contribution in [3.63, 3.8) is 0 Å². The summed E-state index contributed by atoms with van der Waals surface area (Å²) in [5.41, 5.74) is 9.36. The Hall–Kier alpha value is -1.67. The van der Waals surface area contributed by atoms with Gasteiger partial charge in [0, 0.05) is 4.91 Å². The first-order valence-electron chi connectivity index (χ1n) is 5.52. The third-order valence-electron chi connectivity index (χ3n) is 2.57. The van der Waals surface area contributed by atoms with Crippen LogP contribution >= 0.6 is 0 Å². The zero-order chi connectivity index (χ0) is 11.8. The molecule has 1 rings (SSSR count). The van der Waals surface area contributed by atoms with Gasteiger partial charge in [-0.3, -0.25) is 0 Å². The highest BCUT2D eigenvalue weighted by molar-refractivity contribution is 5.35. The molecule has 0 saturated heterocycles. The number of nitrogens with zero attached hydrogens (tertiary/aromatic N) is 3. The van der Waals surface area contributed by atoms with Crippen molar-refractivity contribution in [2.45, 2.75) is 26.2 Å². The molecule has 1 atom stereocenters. The molecule has 4 heteroatoms. The van der Waals surface area contributed by atoms with Gasteiger partial charge < -0.3 is 4.74 Å². The van der Waals surface area contributed by atoms with Crippen LogP contribution in [0.15, 0.2) is 29.4 Å². The highest BCUT2D eigenvalue weighted by atomic mass is 16.5. The molecule has 4 nitrogen and oxygen atoms in total. The minimum atomic E-state index is 0.366. The van der Waals surface area contributed by atoms with Gasteiger partial charge in [0.2, 0.25) is 0 Å². The SMILES string of the molecule is CCC(C)c1ccccc1OCCN=[N+]=[N-]. The van der Waals surface area contributed by atoms with Gasteiger partial charge in [-0.1, -0.05) is 37.2 Å². The van der Waals surface area contributed by atoms with Gasteiger partial charge in [0.25, 0.3) is 0 Å². The lowest BCUT2D eigenvalue weighted by molar-refractivity contribution is 0.323. The van der Waals surface area contributed by atoms with Crippen molar-refractivity contribution >= 4 is 0 Å². The van der Waals surface area contributed by atoms with Gasteiger partial charge in [-0.2, -0.15) is 0 Å². The van der Waals surface area contributed by atoms with Gasteiger partial charge in [0.15, 0.2) is 0 Å². The molecule has 1 aromatic carbocycles. The second kappa shape index (κ2) is 6.75.